The molecule has 0 saturated carbocycles. The Morgan fingerprint density at radius 3 is 1.19 bits per heavy atom. The van der Waals surface area contributed by atoms with Crippen LogP contribution in [0.2, 0.25) is 0 Å². The zero-order valence-corrected chi connectivity index (χ0v) is 37.2. The van der Waals surface area contributed by atoms with Crippen LogP contribution in [0, 0.1) is 11.8 Å². The first-order valence-corrected chi connectivity index (χ1v) is 23.0. The maximum absolute atomic E-state index is 5.25. The van der Waals surface area contributed by atoms with Crippen LogP contribution in [0.4, 0.5) is 11.4 Å². The second-order valence-corrected chi connectivity index (χ2v) is 15.6. The number of hydrogen-bond acceptors (Lipinski definition) is 2. The molecule has 306 valence electrons. The third kappa shape index (κ3) is 22.4. The standard InChI is InChI=1S/C51H82N2.Ni/c1-7-13-15-16-17-18-19-20-21-22-23-24-25-26-27-28-29-30-31-32-33-34-35-37-51(53-49-41-39-45(10-4)47(12-6)43-49)50(36-14-8-2)52-48-40-38-44(9-3)46(11-5)42-48;/h38-43H,7-34,36H2,1-6H3;/b52-50+,53-51+;. The number of benzene rings is 2. The maximum Gasteiger partial charge on any atom is 0.135 e. The molecule has 0 heterocycles. The Bertz CT molecular complexity index is 1340. The van der Waals surface area contributed by atoms with Gasteiger partial charge >= 0.3 is 0 Å². The molecule has 2 rings (SSSR count). The van der Waals surface area contributed by atoms with E-state index in [4.69, 9.17) is 9.98 Å². The molecule has 0 saturated heterocycles. The van der Waals surface area contributed by atoms with Crippen LogP contribution >= 0.6 is 0 Å². The van der Waals surface area contributed by atoms with Crippen LogP contribution in [0.5, 0.6) is 0 Å². The molecule has 0 aromatic heterocycles. The van der Waals surface area contributed by atoms with Crippen molar-refractivity contribution < 1.29 is 16.5 Å². The first kappa shape index (κ1) is 49.9. The van der Waals surface area contributed by atoms with Crippen molar-refractivity contribution in [3.8, 4) is 11.8 Å². The van der Waals surface area contributed by atoms with Crippen LogP contribution in [0.15, 0.2) is 46.4 Å². The molecule has 3 heteroatoms. The summed E-state index contributed by atoms with van der Waals surface area (Å²) in [6.07, 6.45) is 37.9. The topological polar surface area (TPSA) is 24.7 Å². The van der Waals surface area contributed by atoms with Crippen LogP contribution in [-0.2, 0) is 42.2 Å². The molecular formula is C51H82N2Ni. The number of aliphatic imine (C=N–C) groups is 2. The van der Waals surface area contributed by atoms with E-state index in [0.29, 0.717) is 0 Å². The van der Waals surface area contributed by atoms with Gasteiger partial charge in [0, 0.05) is 22.9 Å². The van der Waals surface area contributed by atoms with E-state index in [1.807, 2.05) is 0 Å². The predicted octanol–water partition coefficient (Wildman–Crippen LogP) is 16.6. The third-order valence-electron chi connectivity index (χ3n) is 11.1. The van der Waals surface area contributed by atoms with Crippen molar-refractivity contribution in [1.29, 1.82) is 0 Å². The first-order chi connectivity index (χ1) is 26.1. The minimum Gasteiger partial charge on any atom is -0.251 e. The predicted molar refractivity (Wildman–Crippen MR) is 239 cm³/mol. The number of rotatable bonds is 31. The summed E-state index contributed by atoms with van der Waals surface area (Å²) in [5.74, 6) is 7.09. The summed E-state index contributed by atoms with van der Waals surface area (Å²) in [5.41, 5.74) is 9.52. The van der Waals surface area contributed by atoms with Gasteiger partial charge in [-0.25, -0.2) is 4.99 Å². The molecule has 0 atom stereocenters. The van der Waals surface area contributed by atoms with Crippen molar-refractivity contribution in [1.82, 2.24) is 0 Å². The van der Waals surface area contributed by atoms with E-state index >= 15 is 0 Å². The molecule has 2 nitrogen and oxygen atoms in total. The largest absolute Gasteiger partial charge is 0.251 e. The van der Waals surface area contributed by atoms with Gasteiger partial charge in [0.1, 0.15) is 5.71 Å². The van der Waals surface area contributed by atoms with Crippen molar-refractivity contribution >= 4 is 22.8 Å². The molecule has 54 heavy (non-hydrogen) atoms. The molecule has 2 aromatic carbocycles. The van der Waals surface area contributed by atoms with E-state index in [-0.39, 0.29) is 16.5 Å². The molecule has 0 fully saturated rings. The van der Waals surface area contributed by atoms with Gasteiger partial charge in [0.15, 0.2) is 0 Å². The monoisotopic (exact) mass is 781 g/mol. The van der Waals surface area contributed by atoms with Gasteiger partial charge in [-0.3, -0.25) is 4.99 Å². The van der Waals surface area contributed by atoms with E-state index in [1.165, 1.54) is 157 Å². The van der Waals surface area contributed by atoms with Crippen molar-refractivity contribution in [2.24, 2.45) is 9.98 Å². The minimum absolute atomic E-state index is 0. The summed E-state index contributed by atoms with van der Waals surface area (Å²) < 4.78 is 0. The average molecular weight is 782 g/mol. The Kier molecular flexibility index (Phi) is 31.5. The summed E-state index contributed by atoms with van der Waals surface area (Å²) in [5, 5.41) is 0. The summed E-state index contributed by atoms with van der Waals surface area (Å²) in [7, 11) is 0. The van der Waals surface area contributed by atoms with Crippen LogP contribution in [0.3, 0.4) is 0 Å². The number of unbranched alkanes of at least 4 members (excludes halogenated alkanes) is 22. The zero-order valence-electron chi connectivity index (χ0n) is 36.2. The summed E-state index contributed by atoms with van der Waals surface area (Å²) >= 11 is 0. The van der Waals surface area contributed by atoms with E-state index in [2.05, 4.69) is 89.8 Å². The van der Waals surface area contributed by atoms with Crippen molar-refractivity contribution in [3.63, 3.8) is 0 Å². The second kappa shape index (κ2) is 34.1. The molecule has 0 radical (unpaired) electrons. The molecule has 0 aliphatic heterocycles. The molecule has 0 aliphatic carbocycles. The number of hydrogen-bond donors (Lipinski definition) is 0. The summed E-state index contributed by atoms with van der Waals surface area (Å²) in [6, 6.07) is 13.4. The van der Waals surface area contributed by atoms with Gasteiger partial charge in [-0.05, 0) is 97.4 Å². The molecule has 0 bridgehead atoms. The van der Waals surface area contributed by atoms with Crippen molar-refractivity contribution in [2.75, 3.05) is 0 Å². The number of aryl methyl sites for hydroxylation is 4. The average Bonchev–Trinajstić information content (AvgIpc) is 3.19. The zero-order chi connectivity index (χ0) is 38.2. The summed E-state index contributed by atoms with van der Waals surface area (Å²) in [6.45, 7) is 13.5. The minimum atomic E-state index is 0. The second-order valence-electron chi connectivity index (χ2n) is 15.6. The Morgan fingerprint density at radius 1 is 0.426 bits per heavy atom. The Balaban J connectivity index is 0.0000146. The Labute approximate surface area is 346 Å². The van der Waals surface area contributed by atoms with Gasteiger partial charge in [0.2, 0.25) is 0 Å². The van der Waals surface area contributed by atoms with Gasteiger partial charge in [-0.2, -0.15) is 0 Å². The quantitative estimate of drug-likeness (QED) is 0.0315. The van der Waals surface area contributed by atoms with Gasteiger partial charge in [0.05, 0.1) is 17.1 Å². The molecule has 0 unspecified atom stereocenters. The smallest absolute Gasteiger partial charge is 0.135 e. The van der Waals surface area contributed by atoms with Crippen molar-refractivity contribution in [2.45, 2.75) is 228 Å². The van der Waals surface area contributed by atoms with Gasteiger partial charge < -0.3 is 0 Å². The van der Waals surface area contributed by atoms with Gasteiger partial charge in [0.25, 0.3) is 0 Å². The molecular weight excluding hydrogens is 699 g/mol. The normalized spacial score (nSPS) is 11.7. The summed E-state index contributed by atoms with van der Waals surface area (Å²) in [4.78, 5) is 10.5. The number of nitrogens with zero attached hydrogens (tertiary/aromatic N) is 2. The molecule has 0 N–H and O–H groups in total. The van der Waals surface area contributed by atoms with E-state index < -0.39 is 0 Å². The van der Waals surface area contributed by atoms with E-state index in [0.717, 1.165) is 74.2 Å². The van der Waals surface area contributed by atoms with Crippen molar-refractivity contribution in [3.05, 3.63) is 58.7 Å². The first-order valence-electron chi connectivity index (χ1n) is 23.0. The molecule has 0 aliphatic rings. The van der Waals surface area contributed by atoms with E-state index in [9.17, 15) is 0 Å². The molecule has 2 aromatic rings. The molecule has 0 spiro atoms. The Morgan fingerprint density at radius 2 is 0.796 bits per heavy atom. The van der Waals surface area contributed by atoms with Crippen LogP contribution in [0.25, 0.3) is 0 Å². The fourth-order valence-corrected chi connectivity index (χ4v) is 7.52. The van der Waals surface area contributed by atoms with Crippen LogP contribution < -0.4 is 0 Å². The Hall–Kier alpha value is -2.17. The third-order valence-corrected chi connectivity index (χ3v) is 11.1. The van der Waals surface area contributed by atoms with Gasteiger partial charge in [-0.15, -0.1) is 0 Å². The fraction of sp³-hybridized carbons (Fsp3) is 0.686. The maximum atomic E-state index is 5.25. The van der Waals surface area contributed by atoms with Gasteiger partial charge in [-0.1, -0.05) is 194 Å². The van der Waals surface area contributed by atoms with Crippen LogP contribution in [0.1, 0.15) is 224 Å². The molecule has 0 amide bonds. The van der Waals surface area contributed by atoms with Crippen LogP contribution in [-0.4, -0.2) is 11.4 Å². The fourth-order valence-electron chi connectivity index (χ4n) is 7.52. The van der Waals surface area contributed by atoms with E-state index in [1.54, 1.807) is 0 Å². The SMILES string of the molecule is CCCCCCCCCCCCCCCCCCCCCCCC#CC(=N\c1ccc(CC)c(CC)c1)/C(CCCC)=N/c1ccc(CC)c(CC)c1.[Ni].